The van der Waals surface area contributed by atoms with Crippen molar-refractivity contribution < 1.29 is 9.59 Å². The molecule has 7 nitrogen and oxygen atoms in total. The molecular formula is C14H19B5N4O3. The quantitative estimate of drug-likeness (QED) is 0.304. The lowest BCUT2D eigenvalue weighted by Crippen LogP contribution is -2.55. The summed E-state index contributed by atoms with van der Waals surface area (Å²) in [7, 11) is 9.06. The van der Waals surface area contributed by atoms with E-state index in [-0.39, 0.29) is 17.3 Å². The molecule has 2 amide bonds. The van der Waals surface area contributed by atoms with Crippen LogP contribution in [0, 0.1) is 6.92 Å². The van der Waals surface area contributed by atoms with Gasteiger partial charge < -0.3 is 5.73 Å². The number of aryl methyl sites for hydroxylation is 1. The number of hydrogen-bond acceptors (Lipinski definition) is 5. The van der Waals surface area contributed by atoms with Crippen LogP contribution in [0.15, 0.2) is 10.9 Å². The largest absolute Gasteiger partial charge is 0.398 e. The molecule has 1 aromatic heterocycles. The Morgan fingerprint density at radius 3 is 2.46 bits per heavy atom. The number of hydrogen-bond donors (Lipinski definition) is 2. The van der Waals surface area contributed by atoms with Crippen molar-refractivity contribution in [1.82, 2.24) is 14.9 Å². The van der Waals surface area contributed by atoms with E-state index in [1.807, 2.05) is 29.6 Å². The van der Waals surface area contributed by atoms with Crippen LogP contribution in [0.25, 0.3) is 10.9 Å². The van der Waals surface area contributed by atoms with E-state index in [0.717, 1.165) is 10.9 Å². The fourth-order valence-electron chi connectivity index (χ4n) is 3.68. The van der Waals surface area contributed by atoms with Crippen LogP contribution in [0.3, 0.4) is 0 Å². The van der Waals surface area contributed by atoms with Crippen LogP contribution in [-0.2, 0) is 9.59 Å². The Labute approximate surface area is 155 Å². The molecule has 12 heteroatoms. The van der Waals surface area contributed by atoms with E-state index in [1.54, 1.807) is 22.6 Å². The van der Waals surface area contributed by atoms with Crippen LogP contribution in [-0.4, -0.2) is 60.6 Å². The number of fused-ring (bicyclic) bond motifs is 1. The summed E-state index contributed by atoms with van der Waals surface area (Å²) in [5.41, 5.74) is 8.39. The predicted octanol–water partition coefficient (Wildman–Crippen LogP) is -6.19. The lowest BCUT2D eigenvalue weighted by Gasteiger charge is -2.41. The number of carbonyl (C=O) groups is 2. The molecule has 0 aliphatic carbocycles. The van der Waals surface area contributed by atoms with Crippen LogP contribution >= 0.6 is 0 Å². The minimum absolute atomic E-state index is 0.322. The van der Waals surface area contributed by atoms with E-state index in [9.17, 15) is 14.4 Å². The third-order valence-corrected chi connectivity index (χ3v) is 5.77. The van der Waals surface area contributed by atoms with E-state index >= 15 is 0 Å². The first-order chi connectivity index (χ1) is 12.0. The van der Waals surface area contributed by atoms with E-state index < -0.39 is 17.2 Å². The van der Waals surface area contributed by atoms with Crippen molar-refractivity contribution in [3.05, 3.63) is 22.2 Å². The van der Waals surface area contributed by atoms with Gasteiger partial charge in [-0.1, -0.05) is 17.0 Å². The fourth-order valence-corrected chi connectivity index (χ4v) is 3.68. The molecule has 2 unspecified atom stereocenters. The molecule has 1 saturated heterocycles. The number of nitrogen functional groups attached to an aromatic ring is 1. The molecule has 26 heavy (non-hydrogen) atoms. The monoisotopic (exact) mass is 346 g/mol. The molecule has 0 bridgehead atoms. The highest BCUT2D eigenvalue weighted by molar-refractivity contribution is 6.55. The summed E-state index contributed by atoms with van der Waals surface area (Å²) in [6.45, 7) is 1.69. The SMILES string of the molecule is Bc1cc(B)c2nc(C)n(C3C(=O)NC(=O)C(B)(B)C3B)c(=O)c2c1N. The number of anilines is 1. The minimum Gasteiger partial charge on any atom is -0.398 e. The molecule has 1 fully saturated rings. The van der Waals surface area contributed by atoms with Crippen LogP contribution < -0.4 is 27.5 Å². The van der Waals surface area contributed by atoms with Crippen molar-refractivity contribution in [1.29, 1.82) is 0 Å². The summed E-state index contributed by atoms with van der Waals surface area (Å²) in [5.74, 6) is -0.787. The second-order valence-corrected chi connectivity index (χ2v) is 7.76. The molecule has 2 heterocycles. The Balaban J connectivity index is 2.36. The number of rotatable bonds is 1. The van der Waals surface area contributed by atoms with E-state index in [4.69, 9.17) is 5.73 Å². The first-order valence-corrected chi connectivity index (χ1v) is 8.62. The van der Waals surface area contributed by atoms with Gasteiger partial charge in [0, 0.05) is 5.69 Å². The molecule has 1 aliphatic heterocycles. The van der Waals surface area contributed by atoms with Gasteiger partial charge in [0.15, 0.2) is 0 Å². The summed E-state index contributed by atoms with van der Waals surface area (Å²) in [6.07, 6.45) is 0. The van der Waals surface area contributed by atoms with Crippen LogP contribution in [0.1, 0.15) is 11.9 Å². The molecule has 2 aromatic rings. The van der Waals surface area contributed by atoms with E-state index in [1.165, 1.54) is 4.57 Å². The Hall–Kier alpha value is -2.38. The van der Waals surface area contributed by atoms with Gasteiger partial charge in [-0.05, 0) is 18.0 Å². The number of imide groups is 1. The number of aromatic nitrogens is 2. The van der Waals surface area contributed by atoms with Crippen molar-refractivity contribution in [3.8, 4) is 0 Å². The second-order valence-electron chi connectivity index (χ2n) is 7.76. The number of benzene rings is 1. The Morgan fingerprint density at radius 1 is 1.23 bits per heavy atom. The third kappa shape index (κ3) is 2.42. The van der Waals surface area contributed by atoms with Gasteiger partial charge in [0.05, 0.1) is 10.9 Å². The molecular weight excluding hydrogens is 326 g/mol. The maximum atomic E-state index is 13.3. The molecule has 3 rings (SSSR count). The zero-order valence-electron chi connectivity index (χ0n) is 15.9. The standard InChI is InChI=1S/C14H19B5N4O3/c1-3-21-8-5(16)2-4(15)7(20)6(8)12(25)23(3)9-10(17)14(18,19)13(26)22-11(9)24/h2,9-10H,15-20H2,1H3,(H,22,24,26). The van der Waals surface area contributed by atoms with Crippen LogP contribution in [0.5, 0.6) is 0 Å². The summed E-state index contributed by atoms with van der Waals surface area (Å²) in [5, 5.41) is 1.92. The third-order valence-electron chi connectivity index (χ3n) is 5.77. The van der Waals surface area contributed by atoms with Gasteiger partial charge >= 0.3 is 0 Å². The van der Waals surface area contributed by atoms with Crippen molar-refractivity contribution in [3.63, 3.8) is 0 Å². The van der Waals surface area contributed by atoms with Crippen LogP contribution in [0.2, 0.25) is 11.0 Å². The van der Waals surface area contributed by atoms with Crippen molar-refractivity contribution in [2.45, 2.75) is 24.0 Å². The molecule has 0 spiro atoms. The highest BCUT2D eigenvalue weighted by atomic mass is 16.2. The first-order valence-electron chi connectivity index (χ1n) is 8.62. The first kappa shape index (κ1) is 18.4. The Kier molecular flexibility index (Phi) is 4.12. The van der Waals surface area contributed by atoms with Gasteiger partial charge in [-0.2, -0.15) is 0 Å². The van der Waals surface area contributed by atoms with Gasteiger partial charge in [0.2, 0.25) is 11.8 Å². The maximum absolute atomic E-state index is 13.3. The Bertz CT molecular complexity index is 1040. The van der Waals surface area contributed by atoms with Gasteiger partial charge in [-0.15, -0.1) is 0 Å². The van der Waals surface area contributed by atoms with E-state index in [2.05, 4.69) is 10.3 Å². The average Bonchev–Trinajstić information content (AvgIpc) is 2.54. The number of nitrogens with two attached hydrogens (primary N) is 1. The smallest absolute Gasteiger partial charge is 0.264 e. The highest BCUT2D eigenvalue weighted by Crippen LogP contribution is 2.42. The average molecular weight is 345 g/mol. The van der Waals surface area contributed by atoms with Crippen molar-refractivity contribution >= 4 is 78.6 Å². The number of nitrogens with one attached hydrogen (secondary N) is 1. The normalized spacial score (nSPS) is 22.3. The van der Waals surface area contributed by atoms with Crippen molar-refractivity contribution in [2.75, 3.05) is 5.73 Å². The molecule has 128 valence electrons. The fraction of sp³-hybridized carbons (Fsp3) is 0.286. The van der Waals surface area contributed by atoms with Gasteiger partial charge in [0.1, 0.15) is 51.1 Å². The summed E-state index contributed by atoms with van der Waals surface area (Å²) < 4.78 is 1.38. The summed E-state index contributed by atoms with van der Waals surface area (Å²) in [6, 6.07) is 1.07. The molecule has 0 radical (unpaired) electrons. The molecule has 1 aliphatic rings. The number of amides is 2. The summed E-state index contributed by atoms with van der Waals surface area (Å²) in [4.78, 5) is 42.7. The predicted molar refractivity (Wildman–Crippen MR) is 116 cm³/mol. The summed E-state index contributed by atoms with van der Waals surface area (Å²) >= 11 is 0. The topological polar surface area (TPSA) is 107 Å². The minimum atomic E-state index is -0.827. The molecule has 3 N–H and O–H groups in total. The second kappa shape index (κ2) is 5.82. The Morgan fingerprint density at radius 2 is 1.85 bits per heavy atom. The zero-order valence-corrected chi connectivity index (χ0v) is 15.9. The van der Waals surface area contributed by atoms with Gasteiger partial charge in [-0.25, -0.2) is 4.98 Å². The number of nitrogens with zero attached hydrogens (tertiary/aromatic N) is 2. The number of piperidine rings is 1. The lowest BCUT2D eigenvalue weighted by molar-refractivity contribution is -0.136. The zero-order chi connectivity index (χ0) is 19.5. The number of carbonyl (C=O) groups excluding carboxylic acids is 2. The lowest BCUT2D eigenvalue weighted by atomic mass is 9.40. The molecule has 1 aromatic carbocycles. The molecule has 2 atom stereocenters. The maximum Gasteiger partial charge on any atom is 0.264 e. The van der Waals surface area contributed by atoms with E-state index in [0.29, 0.717) is 22.4 Å². The highest BCUT2D eigenvalue weighted by Gasteiger charge is 2.47. The molecule has 0 saturated carbocycles. The van der Waals surface area contributed by atoms with Gasteiger partial charge in [-0.3, -0.25) is 24.3 Å². The van der Waals surface area contributed by atoms with Gasteiger partial charge in [0.25, 0.3) is 5.56 Å². The van der Waals surface area contributed by atoms with Crippen LogP contribution in [0.4, 0.5) is 5.69 Å². The van der Waals surface area contributed by atoms with Crippen molar-refractivity contribution in [2.24, 2.45) is 0 Å².